The smallest absolute Gasteiger partial charge is 0.306 e. The molecule has 1 aromatic heterocycles. The van der Waals surface area contributed by atoms with Gasteiger partial charge in [0.05, 0.1) is 28.0 Å². The van der Waals surface area contributed by atoms with Crippen molar-refractivity contribution < 1.29 is 19.7 Å². The minimum atomic E-state index is -0.651. The molecule has 1 atom stereocenters. The van der Waals surface area contributed by atoms with Crippen molar-refractivity contribution in [2.75, 3.05) is 5.32 Å². The third-order valence-corrected chi connectivity index (χ3v) is 3.19. The van der Waals surface area contributed by atoms with Crippen LogP contribution < -0.4 is 5.32 Å². The number of nitro groups is 2. The summed E-state index contributed by atoms with van der Waals surface area (Å²) in [4.78, 5) is 32.2. The van der Waals surface area contributed by atoms with Gasteiger partial charge in [0.15, 0.2) is 0 Å². The highest BCUT2D eigenvalue weighted by Crippen LogP contribution is 2.28. The van der Waals surface area contributed by atoms with Crippen LogP contribution >= 0.6 is 0 Å². The highest BCUT2D eigenvalue weighted by atomic mass is 16.6. The first-order valence-corrected chi connectivity index (χ1v) is 6.73. The van der Waals surface area contributed by atoms with E-state index in [0.717, 1.165) is 24.4 Å². The van der Waals surface area contributed by atoms with E-state index in [4.69, 9.17) is 0 Å². The van der Waals surface area contributed by atoms with Crippen LogP contribution in [0.1, 0.15) is 6.92 Å². The topological polar surface area (TPSA) is 153 Å². The molecule has 11 nitrogen and oxygen atoms in total. The molecule has 1 aromatic carbocycles. The molecule has 126 valence electrons. The predicted molar refractivity (Wildman–Crippen MR) is 81.4 cm³/mol. The number of phenolic OH excluding ortho intramolecular Hbond substituents is 1. The number of amides is 1. The Bertz CT molecular complexity index is 802. The predicted octanol–water partition coefficient (Wildman–Crippen LogP) is 1.68. The first-order chi connectivity index (χ1) is 11.3. The van der Waals surface area contributed by atoms with Gasteiger partial charge in [-0.15, -0.1) is 0 Å². The Morgan fingerprint density at radius 1 is 1.33 bits per heavy atom. The number of phenols is 1. The normalized spacial score (nSPS) is 11.7. The van der Waals surface area contributed by atoms with Crippen molar-refractivity contribution in [3.05, 3.63) is 50.8 Å². The van der Waals surface area contributed by atoms with Crippen molar-refractivity contribution in [3.63, 3.8) is 0 Å². The van der Waals surface area contributed by atoms with Gasteiger partial charge in [0, 0.05) is 12.1 Å². The Kier molecular flexibility index (Phi) is 4.73. The summed E-state index contributed by atoms with van der Waals surface area (Å²) in [7, 11) is 0. The van der Waals surface area contributed by atoms with Crippen molar-refractivity contribution in [2.45, 2.75) is 13.5 Å². The van der Waals surface area contributed by atoms with Crippen LogP contribution in [0.2, 0.25) is 0 Å². The van der Waals surface area contributed by atoms with E-state index >= 15 is 0 Å². The molecule has 0 radical (unpaired) electrons. The van der Waals surface area contributed by atoms with Crippen LogP contribution in [0, 0.1) is 26.1 Å². The summed E-state index contributed by atoms with van der Waals surface area (Å²) in [6.45, 7) is 1.62. The third-order valence-electron chi connectivity index (χ3n) is 3.19. The molecule has 0 spiro atoms. The molecule has 2 rings (SSSR count). The number of carbonyl (C=O) groups is 1. The van der Waals surface area contributed by atoms with Crippen LogP contribution in [0.15, 0.2) is 30.6 Å². The molecule has 1 heterocycles. The van der Waals surface area contributed by atoms with Crippen LogP contribution in [0.4, 0.5) is 17.1 Å². The Balaban J connectivity index is 2.07. The number of hydrogen-bond acceptors (Lipinski definition) is 7. The average Bonchev–Trinajstić information content (AvgIpc) is 2.97. The minimum absolute atomic E-state index is 0.0648. The van der Waals surface area contributed by atoms with Gasteiger partial charge in [0.1, 0.15) is 18.1 Å². The Morgan fingerprint density at radius 3 is 2.58 bits per heavy atom. The van der Waals surface area contributed by atoms with Gasteiger partial charge in [0.25, 0.3) is 5.69 Å². The van der Waals surface area contributed by atoms with Gasteiger partial charge < -0.3 is 10.4 Å². The van der Waals surface area contributed by atoms with E-state index < -0.39 is 21.7 Å². The largest absolute Gasteiger partial charge is 0.506 e. The zero-order chi connectivity index (χ0) is 17.9. The van der Waals surface area contributed by atoms with E-state index in [-0.39, 0.29) is 29.4 Å². The number of anilines is 1. The molecule has 0 fully saturated rings. The number of aromatic hydroxyl groups is 1. The third kappa shape index (κ3) is 3.82. The van der Waals surface area contributed by atoms with Gasteiger partial charge in [-0.05, 0) is 6.07 Å². The molecule has 0 bridgehead atoms. The van der Waals surface area contributed by atoms with E-state index in [0.29, 0.717) is 0 Å². The van der Waals surface area contributed by atoms with Gasteiger partial charge >= 0.3 is 5.69 Å². The second-order valence-electron chi connectivity index (χ2n) is 5.03. The van der Waals surface area contributed by atoms with Gasteiger partial charge in [-0.25, -0.2) is 0 Å². The maximum Gasteiger partial charge on any atom is 0.306 e. The Hall–Kier alpha value is -3.50. The fourth-order valence-electron chi connectivity index (χ4n) is 1.90. The molecule has 1 unspecified atom stereocenters. The van der Waals surface area contributed by atoms with Gasteiger partial charge in [-0.3, -0.25) is 29.7 Å². The summed E-state index contributed by atoms with van der Waals surface area (Å²) in [5.41, 5.74) is -0.565. The van der Waals surface area contributed by atoms with E-state index in [1.807, 2.05) is 0 Å². The van der Waals surface area contributed by atoms with Crippen molar-refractivity contribution in [2.24, 2.45) is 5.92 Å². The number of nitrogens with zero attached hydrogens (tertiary/aromatic N) is 4. The average molecular weight is 335 g/mol. The maximum absolute atomic E-state index is 12.1. The summed E-state index contributed by atoms with van der Waals surface area (Å²) >= 11 is 0. The zero-order valence-corrected chi connectivity index (χ0v) is 12.4. The minimum Gasteiger partial charge on any atom is -0.506 e. The van der Waals surface area contributed by atoms with Crippen molar-refractivity contribution in [3.8, 4) is 5.75 Å². The molecule has 24 heavy (non-hydrogen) atoms. The van der Waals surface area contributed by atoms with Gasteiger partial charge in [-0.2, -0.15) is 5.10 Å². The highest BCUT2D eigenvalue weighted by molar-refractivity contribution is 5.94. The van der Waals surface area contributed by atoms with E-state index in [2.05, 4.69) is 10.4 Å². The van der Waals surface area contributed by atoms with E-state index in [9.17, 15) is 30.1 Å². The number of rotatable bonds is 6. The second-order valence-corrected chi connectivity index (χ2v) is 5.03. The molecular weight excluding hydrogens is 322 g/mol. The lowest BCUT2D eigenvalue weighted by Crippen LogP contribution is -2.24. The Labute approximate surface area is 134 Å². The number of aromatic nitrogens is 2. The Morgan fingerprint density at radius 2 is 2.00 bits per heavy atom. The molecule has 2 aromatic rings. The first kappa shape index (κ1) is 16.9. The van der Waals surface area contributed by atoms with Crippen molar-refractivity contribution in [1.29, 1.82) is 0 Å². The summed E-state index contributed by atoms with van der Waals surface area (Å²) < 4.78 is 1.25. The standard InChI is InChI=1S/C13H13N5O6/c1-8(6-16-7-10(5-14-16)18(23)24)13(20)15-11-4-9(17(21)22)2-3-12(11)19/h2-5,7-8,19H,6H2,1H3,(H,15,20). The molecule has 0 saturated heterocycles. The summed E-state index contributed by atoms with van der Waals surface area (Å²) in [6.07, 6.45) is 2.26. The molecule has 0 saturated carbocycles. The van der Waals surface area contributed by atoms with Crippen LogP contribution in [-0.2, 0) is 11.3 Å². The van der Waals surface area contributed by atoms with E-state index in [1.165, 1.54) is 10.9 Å². The number of hydrogen-bond donors (Lipinski definition) is 2. The number of nitrogens with one attached hydrogen (secondary N) is 1. The quantitative estimate of drug-likeness (QED) is 0.462. The summed E-state index contributed by atoms with van der Waals surface area (Å²) in [6, 6.07) is 3.26. The summed E-state index contributed by atoms with van der Waals surface area (Å²) in [5.74, 6) is -1.48. The highest BCUT2D eigenvalue weighted by Gasteiger charge is 2.19. The lowest BCUT2D eigenvalue weighted by molar-refractivity contribution is -0.385. The van der Waals surface area contributed by atoms with E-state index in [1.54, 1.807) is 6.92 Å². The maximum atomic E-state index is 12.1. The van der Waals surface area contributed by atoms with Gasteiger partial charge in [0.2, 0.25) is 5.91 Å². The van der Waals surface area contributed by atoms with Crippen LogP contribution in [-0.4, -0.2) is 30.6 Å². The SMILES string of the molecule is CC(Cn1cc([N+](=O)[O-])cn1)C(=O)Nc1cc([N+](=O)[O-])ccc1O. The lowest BCUT2D eigenvalue weighted by atomic mass is 10.1. The van der Waals surface area contributed by atoms with Crippen LogP contribution in [0.3, 0.4) is 0 Å². The van der Waals surface area contributed by atoms with Gasteiger partial charge in [-0.1, -0.05) is 6.92 Å². The molecule has 0 aliphatic carbocycles. The number of nitro benzene ring substituents is 1. The lowest BCUT2D eigenvalue weighted by Gasteiger charge is -2.13. The first-order valence-electron chi connectivity index (χ1n) is 6.73. The summed E-state index contributed by atoms with van der Waals surface area (Å²) in [5, 5.41) is 37.2. The molecule has 0 aliphatic heterocycles. The van der Waals surface area contributed by atoms with Crippen LogP contribution in [0.5, 0.6) is 5.75 Å². The van der Waals surface area contributed by atoms with Crippen LogP contribution in [0.25, 0.3) is 0 Å². The number of benzene rings is 1. The molecule has 1 amide bonds. The molecule has 11 heteroatoms. The molecule has 2 N–H and O–H groups in total. The fourth-order valence-corrected chi connectivity index (χ4v) is 1.90. The second kappa shape index (κ2) is 6.73. The zero-order valence-electron chi connectivity index (χ0n) is 12.4. The number of carbonyl (C=O) groups excluding carboxylic acids is 1. The van der Waals surface area contributed by atoms with Crippen molar-refractivity contribution in [1.82, 2.24) is 9.78 Å². The molecular formula is C13H13N5O6. The monoisotopic (exact) mass is 335 g/mol. The number of non-ortho nitro benzene ring substituents is 1. The van der Waals surface area contributed by atoms with Crippen molar-refractivity contribution >= 4 is 23.0 Å². The fraction of sp³-hybridized carbons (Fsp3) is 0.231. The molecule has 0 aliphatic rings.